The summed E-state index contributed by atoms with van der Waals surface area (Å²) in [6.07, 6.45) is 0.483. The second-order valence-electron chi connectivity index (χ2n) is 6.43. The van der Waals surface area contributed by atoms with Gasteiger partial charge in [-0.15, -0.1) is 11.3 Å². The highest BCUT2D eigenvalue weighted by atomic mass is 32.1. The van der Waals surface area contributed by atoms with Crippen molar-refractivity contribution >= 4 is 35.3 Å². The Bertz CT molecular complexity index is 703. The van der Waals surface area contributed by atoms with Gasteiger partial charge in [0.05, 0.1) is 10.6 Å². The lowest BCUT2D eigenvalue weighted by Crippen LogP contribution is -2.40. The third-order valence-corrected chi connectivity index (χ3v) is 4.35. The van der Waals surface area contributed by atoms with Gasteiger partial charge in [-0.25, -0.2) is 4.79 Å². The van der Waals surface area contributed by atoms with E-state index in [1.54, 1.807) is 11.0 Å². The van der Waals surface area contributed by atoms with Gasteiger partial charge in [0.25, 0.3) is 0 Å². The summed E-state index contributed by atoms with van der Waals surface area (Å²) in [4.78, 5) is 38.5. The third-order valence-electron chi connectivity index (χ3n) is 3.33. The fourth-order valence-corrected chi connectivity index (χ4v) is 2.92. The Hall–Kier alpha value is -2.33. The van der Waals surface area contributed by atoms with E-state index in [1.165, 1.54) is 0 Å². The Balaban J connectivity index is 3.20. The maximum absolute atomic E-state index is 12.2. The zero-order valence-electron chi connectivity index (χ0n) is 15.3. The Morgan fingerprint density at radius 1 is 1.28 bits per heavy atom. The van der Waals surface area contributed by atoms with E-state index in [-0.39, 0.29) is 28.4 Å². The Kier molecular flexibility index (Phi) is 7.19. The van der Waals surface area contributed by atoms with E-state index in [1.807, 2.05) is 34.6 Å². The van der Waals surface area contributed by atoms with Gasteiger partial charge in [-0.2, -0.15) is 0 Å². The minimum absolute atomic E-state index is 0.00217. The standard InChI is InChI=1S/C18H24N2O4S/c1-6-19(7-2)15(22)11-20(12-21)14-10-13(8-9-18(3,4)5)25-16(14)17(23)24/h10,12H,6-7,11H2,1-5H3,(H,23,24). The number of amides is 2. The highest BCUT2D eigenvalue weighted by molar-refractivity contribution is 7.15. The number of likely N-dealkylation sites (N-methyl/N-ethyl adjacent to an activating group) is 1. The van der Waals surface area contributed by atoms with Gasteiger partial charge in [-0.3, -0.25) is 9.59 Å². The van der Waals surface area contributed by atoms with Gasteiger partial charge in [-0.05, 0) is 40.7 Å². The van der Waals surface area contributed by atoms with Gasteiger partial charge in [0, 0.05) is 18.5 Å². The smallest absolute Gasteiger partial charge is 0.348 e. The van der Waals surface area contributed by atoms with E-state index in [0.717, 1.165) is 16.2 Å². The second kappa shape index (κ2) is 8.67. The van der Waals surface area contributed by atoms with Gasteiger partial charge in [0.1, 0.15) is 11.4 Å². The van der Waals surface area contributed by atoms with Crippen molar-refractivity contribution in [3.8, 4) is 11.8 Å². The van der Waals surface area contributed by atoms with Crippen LogP contribution in [0.25, 0.3) is 0 Å². The Morgan fingerprint density at radius 2 is 1.88 bits per heavy atom. The molecule has 0 saturated carbocycles. The van der Waals surface area contributed by atoms with Crippen molar-refractivity contribution in [1.82, 2.24) is 4.90 Å². The molecule has 25 heavy (non-hydrogen) atoms. The van der Waals surface area contributed by atoms with Crippen LogP contribution in [0, 0.1) is 17.3 Å². The van der Waals surface area contributed by atoms with Crippen molar-refractivity contribution < 1.29 is 19.5 Å². The van der Waals surface area contributed by atoms with Gasteiger partial charge >= 0.3 is 5.97 Å². The first-order chi connectivity index (χ1) is 11.6. The maximum Gasteiger partial charge on any atom is 0.348 e. The minimum atomic E-state index is -1.15. The molecule has 0 aliphatic carbocycles. The summed E-state index contributed by atoms with van der Waals surface area (Å²) in [6.45, 7) is 10.4. The van der Waals surface area contributed by atoms with Gasteiger partial charge in [-0.1, -0.05) is 11.8 Å². The molecule has 1 N–H and O–H groups in total. The van der Waals surface area contributed by atoms with Crippen LogP contribution in [0.2, 0.25) is 0 Å². The molecular weight excluding hydrogens is 340 g/mol. The number of carbonyl (C=O) groups excluding carboxylic acids is 2. The van der Waals surface area contributed by atoms with Crippen LogP contribution in [-0.4, -0.2) is 47.9 Å². The summed E-state index contributed by atoms with van der Waals surface area (Å²) in [5, 5.41) is 9.41. The first-order valence-electron chi connectivity index (χ1n) is 8.03. The number of hydrogen-bond donors (Lipinski definition) is 1. The number of thiophene rings is 1. The van der Waals surface area contributed by atoms with Gasteiger partial charge in [0.15, 0.2) is 0 Å². The lowest BCUT2D eigenvalue weighted by atomic mass is 9.98. The van der Waals surface area contributed by atoms with E-state index in [0.29, 0.717) is 24.4 Å². The number of carbonyl (C=O) groups is 3. The molecule has 0 bridgehead atoms. The monoisotopic (exact) mass is 364 g/mol. The van der Waals surface area contributed by atoms with Crippen LogP contribution in [0.4, 0.5) is 5.69 Å². The molecule has 0 unspecified atom stereocenters. The number of carboxylic acid groups (broad SMARTS) is 1. The molecule has 0 fully saturated rings. The molecule has 7 heteroatoms. The summed E-state index contributed by atoms with van der Waals surface area (Å²) >= 11 is 1.00. The van der Waals surface area contributed by atoms with Crippen LogP contribution in [-0.2, 0) is 9.59 Å². The average Bonchev–Trinajstić information content (AvgIpc) is 2.95. The van der Waals surface area contributed by atoms with E-state index >= 15 is 0 Å². The Labute approximate surface area is 152 Å². The van der Waals surface area contributed by atoms with Crippen LogP contribution in [0.1, 0.15) is 49.2 Å². The number of rotatable bonds is 7. The molecule has 1 heterocycles. The fraction of sp³-hybridized carbons (Fsp3) is 0.500. The number of aromatic carboxylic acids is 1. The Morgan fingerprint density at radius 3 is 2.32 bits per heavy atom. The molecule has 1 aromatic heterocycles. The second-order valence-corrected chi connectivity index (χ2v) is 7.48. The number of anilines is 1. The zero-order chi connectivity index (χ0) is 19.2. The molecule has 6 nitrogen and oxygen atoms in total. The highest BCUT2D eigenvalue weighted by Gasteiger charge is 2.23. The first kappa shape index (κ1) is 20.7. The fourth-order valence-electron chi connectivity index (χ4n) is 2.06. The normalized spacial score (nSPS) is 10.6. The molecule has 0 aliphatic rings. The van der Waals surface area contributed by atoms with E-state index in [4.69, 9.17) is 0 Å². The largest absolute Gasteiger partial charge is 0.477 e. The van der Waals surface area contributed by atoms with Gasteiger partial charge < -0.3 is 14.9 Å². The van der Waals surface area contributed by atoms with Crippen molar-refractivity contribution in [2.75, 3.05) is 24.5 Å². The summed E-state index contributed by atoms with van der Waals surface area (Å²) in [6, 6.07) is 1.55. The topological polar surface area (TPSA) is 77.9 Å². The van der Waals surface area contributed by atoms with Crippen LogP contribution in [0.5, 0.6) is 0 Å². The molecule has 0 radical (unpaired) electrons. The minimum Gasteiger partial charge on any atom is -0.477 e. The number of hydrogen-bond acceptors (Lipinski definition) is 4. The predicted molar refractivity (Wildman–Crippen MR) is 98.9 cm³/mol. The number of carboxylic acids is 1. The van der Waals surface area contributed by atoms with Crippen LogP contribution < -0.4 is 4.90 Å². The van der Waals surface area contributed by atoms with Crippen molar-refractivity contribution in [1.29, 1.82) is 0 Å². The van der Waals surface area contributed by atoms with E-state index < -0.39 is 5.97 Å². The molecule has 0 atom stereocenters. The molecule has 0 aromatic carbocycles. The maximum atomic E-state index is 12.2. The van der Waals surface area contributed by atoms with Crippen LogP contribution in [0.15, 0.2) is 6.07 Å². The lowest BCUT2D eigenvalue weighted by molar-refractivity contribution is -0.130. The molecular formula is C18H24N2O4S. The molecule has 1 aromatic rings. The third kappa shape index (κ3) is 5.91. The summed E-state index contributed by atoms with van der Waals surface area (Å²) in [7, 11) is 0. The van der Waals surface area contributed by atoms with E-state index in [9.17, 15) is 19.5 Å². The number of nitrogens with zero attached hydrogens (tertiary/aromatic N) is 2. The lowest BCUT2D eigenvalue weighted by Gasteiger charge is -2.23. The average molecular weight is 364 g/mol. The molecule has 0 saturated heterocycles. The SMILES string of the molecule is CCN(CC)C(=O)CN(C=O)c1cc(C#CC(C)(C)C)sc1C(=O)O. The highest BCUT2D eigenvalue weighted by Crippen LogP contribution is 2.30. The summed E-state index contributed by atoms with van der Waals surface area (Å²) in [5.41, 5.74) is -0.0254. The zero-order valence-corrected chi connectivity index (χ0v) is 16.1. The molecule has 0 aliphatic heterocycles. The molecule has 136 valence electrons. The quantitative estimate of drug-likeness (QED) is 0.596. The predicted octanol–water partition coefficient (Wildman–Crippen LogP) is 2.68. The molecule has 1 rings (SSSR count). The summed E-state index contributed by atoms with van der Waals surface area (Å²) in [5.74, 6) is 4.60. The van der Waals surface area contributed by atoms with Crippen molar-refractivity contribution in [3.63, 3.8) is 0 Å². The summed E-state index contributed by atoms with van der Waals surface area (Å²) < 4.78 is 0. The van der Waals surface area contributed by atoms with Gasteiger partial charge in [0.2, 0.25) is 12.3 Å². The molecule has 2 amide bonds. The van der Waals surface area contributed by atoms with Crippen molar-refractivity contribution in [3.05, 3.63) is 15.8 Å². The van der Waals surface area contributed by atoms with Crippen molar-refractivity contribution in [2.45, 2.75) is 34.6 Å². The van der Waals surface area contributed by atoms with Crippen LogP contribution in [0.3, 0.4) is 0 Å². The van der Waals surface area contributed by atoms with Crippen molar-refractivity contribution in [2.24, 2.45) is 5.41 Å². The van der Waals surface area contributed by atoms with E-state index in [2.05, 4.69) is 11.8 Å². The molecule has 0 spiro atoms. The first-order valence-corrected chi connectivity index (χ1v) is 8.84. The van der Waals surface area contributed by atoms with Crippen LogP contribution >= 0.6 is 11.3 Å².